The summed E-state index contributed by atoms with van der Waals surface area (Å²) in [6.07, 6.45) is 5.05. The van der Waals surface area contributed by atoms with Gasteiger partial charge in [-0.05, 0) is 75.2 Å². The Morgan fingerprint density at radius 2 is 1.93 bits per heavy atom. The van der Waals surface area contributed by atoms with Crippen molar-refractivity contribution in [2.24, 2.45) is 0 Å². The predicted octanol–water partition coefficient (Wildman–Crippen LogP) is 5.81. The average Bonchev–Trinajstić information content (AvgIpc) is 2.85. The van der Waals surface area contributed by atoms with Crippen molar-refractivity contribution in [2.45, 2.75) is 46.6 Å². The lowest BCUT2D eigenvalue weighted by Gasteiger charge is -2.43. The standard InChI is InChI=1S/C21H25ClN2O2S/c1-6-8-24-17-11-16(22)14(9-15(17)13(3)12-21(24,4)5)10-18-19(25)23(7-2)20(26)27-18/h9-12H,6-8H2,1-5H3/b18-10+. The number of nitrogens with zero attached hydrogens (tertiary/aromatic N) is 2. The number of likely N-dealkylation sites (N-methyl/N-ethyl adjacent to an activating group) is 1. The van der Waals surface area contributed by atoms with E-state index >= 15 is 0 Å². The van der Waals surface area contributed by atoms with Gasteiger partial charge in [0.15, 0.2) is 0 Å². The number of fused-ring (bicyclic) bond motifs is 1. The van der Waals surface area contributed by atoms with E-state index in [9.17, 15) is 9.59 Å². The summed E-state index contributed by atoms with van der Waals surface area (Å²) in [6, 6.07) is 4.02. The molecular formula is C21H25ClN2O2S. The summed E-state index contributed by atoms with van der Waals surface area (Å²) in [5.74, 6) is -0.248. The molecule has 1 fully saturated rings. The van der Waals surface area contributed by atoms with Crippen LogP contribution in [0.1, 0.15) is 52.2 Å². The third-order valence-electron chi connectivity index (χ3n) is 5.02. The lowest BCUT2D eigenvalue weighted by molar-refractivity contribution is -0.122. The molecule has 0 spiro atoms. The average molecular weight is 405 g/mol. The van der Waals surface area contributed by atoms with Gasteiger partial charge in [0.1, 0.15) is 0 Å². The van der Waals surface area contributed by atoms with Crippen LogP contribution in [0.2, 0.25) is 5.02 Å². The molecule has 27 heavy (non-hydrogen) atoms. The largest absolute Gasteiger partial charge is 0.362 e. The van der Waals surface area contributed by atoms with Crippen LogP contribution < -0.4 is 4.90 Å². The van der Waals surface area contributed by atoms with Gasteiger partial charge in [0, 0.05) is 29.4 Å². The van der Waals surface area contributed by atoms with Crippen molar-refractivity contribution in [1.29, 1.82) is 0 Å². The van der Waals surface area contributed by atoms with E-state index in [2.05, 4.69) is 38.7 Å². The quantitative estimate of drug-likeness (QED) is 0.594. The number of imide groups is 1. The number of anilines is 1. The summed E-state index contributed by atoms with van der Waals surface area (Å²) in [6.45, 7) is 11.8. The van der Waals surface area contributed by atoms with Crippen molar-refractivity contribution in [2.75, 3.05) is 18.0 Å². The normalized spacial score (nSPS) is 20.4. The van der Waals surface area contributed by atoms with Gasteiger partial charge in [0.25, 0.3) is 11.1 Å². The number of allylic oxidation sites excluding steroid dienone is 1. The summed E-state index contributed by atoms with van der Waals surface area (Å²) >= 11 is 7.56. The number of thioether (sulfide) groups is 1. The molecule has 0 aliphatic carbocycles. The zero-order valence-electron chi connectivity index (χ0n) is 16.4. The Morgan fingerprint density at radius 1 is 1.22 bits per heavy atom. The fourth-order valence-corrected chi connectivity index (χ4v) is 4.88. The highest BCUT2D eigenvalue weighted by Gasteiger charge is 2.34. The van der Waals surface area contributed by atoms with Crippen LogP contribution in [0, 0.1) is 0 Å². The van der Waals surface area contributed by atoms with Crippen molar-refractivity contribution in [3.8, 4) is 0 Å². The number of rotatable bonds is 4. The fraction of sp³-hybridized carbons (Fsp3) is 0.429. The van der Waals surface area contributed by atoms with Gasteiger partial charge in [-0.3, -0.25) is 14.5 Å². The SMILES string of the molecule is CCCN1c2cc(Cl)c(/C=C3/SC(=O)N(CC)C3=O)cc2C(C)=CC1(C)C. The summed E-state index contributed by atoms with van der Waals surface area (Å²) in [5, 5.41) is 0.360. The van der Waals surface area contributed by atoms with E-state index in [4.69, 9.17) is 11.6 Å². The molecule has 1 aromatic rings. The van der Waals surface area contributed by atoms with E-state index in [1.54, 1.807) is 13.0 Å². The maximum atomic E-state index is 12.4. The minimum Gasteiger partial charge on any atom is -0.362 e. The lowest BCUT2D eigenvalue weighted by atomic mass is 9.87. The van der Waals surface area contributed by atoms with Crippen molar-refractivity contribution >= 4 is 51.8 Å². The molecule has 0 atom stereocenters. The second-order valence-electron chi connectivity index (χ2n) is 7.45. The summed E-state index contributed by atoms with van der Waals surface area (Å²) < 4.78 is 0. The first-order chi connectivity index (χ1) is 12.7. The first kappa shape index (κ1) is 20.0. The molecule has 1 saturated heterocycles. The summed E-state index contributed by atoms with van der Waals surface area (Å²) in [7, 11) is 0. The summed E-state index contributed by atoms with van der Waals surface area (Å²) in [4.78, 5) is 28.4. The Bertz CT molecular complexity index is 873. The maximum absolute atomic E-state index is 12.4. The molecule has 6 heteroatoms. The number of hydrogen-bond acceptors (Lipinski definition) is 4. The molecule has 0 saturated carbocycles. The van der Waals surface area contributed by atoms with Gasteiger partial charge >= 0.3 is 0 Å². The van der Waals surface area contributed by atoms with E-state index in [0.29, 0.717) is 16.5 Å². The molecule has 0 radical (unpaired) electrons. The molecule has 4 nitrogen and oxygen atoms in total. The Kier molecular flexibility index (Phi) is 5.46. The van der Waals surface area contributed by atoms with Crippen LogP contribution in [-0.2, 0) is 4.79 Å². The van der Waals surface area contributed by atoms with Gasteiger partial charge in [0.05, 0.1) is 10.4 Å². The second-order valence-corrected chi connectivity index (χ2v) is 8.85. The minimum atomic E-state index is -0.248. The maximum Gasteiger partial charge on any atom is 0.293 e. The van der Waals surface area contributed by atoms with Gasteiger partial charge in [-0.25, -0.2) is 0 Å². The van der Waals surface area contributed by atoms with Crippen molar-refractivity contribution in [1.82, 2.24) is 4.90 Å². The lowest BCUT2D eigenvalue weighted by Crippen LogP contribution is -2.45. The predicted molar refractivity (Wildman–Crippen MR) is 115 cm³/mol. The molecule has 0 bridgehead atoms. The van der Waals surface area contributed by atoms with Crippen LogP contribution in [0.25, 0.3) is 11.6 Å². The number of carbonyl (C=O) groups is 2. The van der Waals surface area contributed by atoms with Gasteiger partial charge in [-0.2, -0.15) is 0 Å². The Labute approximate surface area is 170 Å². The third kappa shape index (κ3) is 3.55. The molecule has 0 unspecified atom stereocenters. The zero-order valence-corrected chi connectivity index (χ0v) is 18.0. The Morgan fingerprint density at radius 3 is 2.52 bits per heavy atom. The summed E-state index contributed by atoms with van der Waals surface area (Å²) in [5.41, 5.74) is 4.11. The first-order valence-electron chi connectivity index (χ1n) is 9.26. The van der Waals surface area contributed by atoms with Crippen molar-refractivity contribution < 1.29 is 9.59 Å². The molecule has 144 valence electrons. The highest BCUT2D eigenvalue weighted by molar-refractivity contribution is 8.18. The van der Waals surface area contributed by atoms with E-state index < -0.39 is 0 Å². The second kappa shape index (κ2) is 7.36. The van der Waals surface area contributed by atoms with Gasteiger partial charge in [0.2, 0.25) is 0 Å². The van der Waals surface area contributed by atoms with Crippen LogP contribution in [0.5, 0.6) is 0 Å². The Hall–Kier alpha value is -1.72. The van der Waals surface area contributed by atoms with Crippen LogP contribution >= 0.6 is 23.4 Å². The van der Waals surface area contributed by atoms with Crippen LogP contribution in [0.15, 0.2) is 23.1 Å². The molecular weight excluding hydrogens is 380 g/mol. The zero-order chi connectivity index (χ0) is 19.9. The van der Waals surface area contributed by atoms with Crippen molar-refractivity contribution in [3.63, 3.8) is 0 Å². The molecule has 2 amide bonds. The van der Waals surface area contributed by atoms with Crippen LogP contribution in [-0.4, -0.2) is 34.7 Å². The van der Waals surface area contributed by atoms with Crippen LogP contribution in [0.3, 0.4) is 0 Å². The molecule has 1 aromatic carbocycles. The van der Waals surface area contributed by atoms with Gasteiger partial charge in [-0.1, -0.05) is 24.6 Å². The number of carbonyl (C=O) groups excluding carboxylic acids is 2. The molecule has 2 heterocycles. The Balaban J connectivity index is 2.07. The third-order valence-corrected chi connectivity index (χ3v) is 6.25. The van der Waals surface area contributed by atoms with E-state index in [1.165, 1.54) is 10.5 Å². The van der Waals surface area contributed by atoms with Gasteiger partial charge < -0.3 is 4.90 Å². The highest BCUT2D eigenvalue weighted by Crippen LogP contribution is 2.42. The molecule has 2 aliphatic rings. The topological polar surface area (TPSA) is 40.6 Å². The number of benzene rings is 1. The van der Waals surface area contributed by atoms with E-state index in [0.717, 1.165) is 41.5 Å². The fourth-order valence-electron chi connectivity index (χ4n) is 3.77. The van der Waals surface area contributed by atoms with E-state index in [1.807, 2.05) is 12.1 Å². The van der Waals surface area contributed by atoms with Crippen molar-refractivity contribution in [3.05, 3.63) is 39.3 Å². The molecule has 0 aromatic heterocycles. The highest BCUT2D eigenvalue weighted by atomic mass is 35.5. The van der Waals surface area contributed by atoms with Crippen LogP contribution in [0.4, 0.5) is 10.5 Å². The molecule has 0 N–H and O–H groups in total. The number of halogens is 1. The number of hydrogen-bond donors (Lipinski definition) is 0. The molecule has 3 rings (SSSR count). The van der Waals surface area contributed by atoms with Gasteiger partial charge in [-0.15, -0.1) is 0 Å². The first-order valence-corrected chi connectivity index (χ1v) is 10.5. The number of amides is 2. The monoisotopic (exact) mass is 404 g/mol. The molecule has 2 aliphatic heterocycles. The van der Waals surface area contributed by atoms with E-state index in [-0.39, 0.29) is 16.7 Å². The minimum absolute atomic E-state index is 0.0816. The smallest absolute Gasteiger partial charge is 0.293 e.